The van der Waals surface area contributed by atoms with Crippen molar-refractivity contribution in [2.24, 2.45) is 0 Å². The van der Waals surface area contributed by atoms with Crippen LogP contribution in [0.5, 0.6) is 11.5 Å². The molecule has 31 heavy (non-hydrogen) atoms. The first-order chi connectivity index (χ1) is 14.4. The quantitative estimate of drug-likeness (QED) is 0.461. The van der Waals surface area contributed by atoms with E-state index in [9.17, 15) is 10.2 Å². The van der Waals surface area contributed by atoms with E-state index in [0.29, 0.717) is 24.6 Å². The molecule has 0 aliphatic heterocycles. The summed E-state index contributed by atoms with van der Waals surface area (Å²) in [5, 5.41) is 29.3. The van der Waals surface area contributed by atoms with Gasteiger partial charge in [-0.25, -0.2) is 0 Å². The smallest absolute Gasteiger partial charge is 0.169 e. The molecule has 0 heterocycles. The van der Waals surface area contributed by atoms with Crippen molar-refractivity contribution in [2.75, 3.05) is 26.3 Å². The first kappa shape index (κ1) is 25.4. The van der Waals surface area contributed by atoms with Crippen LogP contribution in [0, 0.1) is 6.92 Å². The summed E-state index contributed by atoms with van der Waals surface area (Å²) < 4.78 is 12.1. The number of fused-ring (bicyclic) bond motifs is 1. The number of aliphatic hydroxyl groups is 2. The van der Waals surface area contributed by atoms with Crippen LogP contribution in [0.4, 0.5) is 0 Å². The molecule has 2 aromatic carbocycles. The molecule has 2 aromatic rings. The summed E-state index contributed by atoms with van der Waals surface area (Å²) in [5.74, 6) is 1.20. The first-order valence-corrected chi connectivity index (χ1v) is 11.0. The molecule has 0 aliphatic carbocycles. The summed E-state index contributed by atoms with van der Waals surface area (Å²) >= 11 is 0. The molecule has 0 saturated carbocycles. The number of benzene rings is 2. The van der Waals surface area contributed by atoms with Crippen LogP contribution in [0.15, 0.2) is 30.3 Å². The molecule has 4 N–H and O–H groups in total. The molecule has 0 spiro atoms. The Morgan fingerprint density at radius 3 is 1.81 bits per heavy atom. The molecule has 2 rings (SSSR count). The monoisotopic (exact) mass is 432 g/mol. The predicted octanol–water partition coefficient (Wildman–Crippen LogP) is 3.40. The van der Waals surface area contributed by atoms with E-state index in [1.165, 1.54) is 0 Å². The first-order valence-electron chi connectivity index (χ1n) is 11.0. The number of nitrogens with one attached hydrogen (secondary N) is 2. The molecule has 0 bridgehead atoms. The number of aryl methyl sites for hydroxylation is 1. The Bertz CT molecular complexity index is 840. The molecule has 0 radical (unpaired) electrons. The number of aliphatic hydroxyl groups excluding tert-OH is 2. The zero-order valence-electron chi connectivity index (χ0n) is 20.1. The van der Waals surface area contributed by atoms with Crippen LogP contribution in [0.1, 0.15) is 47.1 Å². The van der Waals surface area contributed by atoms with E-state index < -0.39 is 12.2 Å². The largest absolute Gasteiger partial charge is 0.487 e. The average Bonchev–Trinajstić information content (AvgIpc) is 2.66. The van der Waals surface area contributed by atoms with E-state index >= 15 is 0 Å². The average molecular weight is 433 g/mol. The summed E-state index contributed by atoms with van der Waals surface area (Å²) in [6.07, 6.45) is -1.31. The summed E-state index contributed by atoms with van der Waals surface area (Å²) in [5.41, 5.74) is 0.764. The van der Waals surface area contributed by atoms with Crippen LogP contribution in [0.3, 0.4) is 0 Å². The zero-order chi connectivity index (χ0) is 23.2. The molecule has 2 atom stereocenters. The highest BCUT2D eigenvalue weighted by Gasteiger charge is 2.19. The van der Waals surface area contributed by atoms with Crippen molar-refractivity contribution in [3.63, 3.8) is 0 Å². The summed E-state index contributed by atoms with van der Waals surface area (Å²) in [6.45, 7) is 15.4. The second-order valence-electron chi connectivity index (χ2n) is 10.3. The molecule has 6 heteroatoms. The fourth-order valence-electron chi connectivity index (χ4n) is 3.08. The number of β-amino-alcohol motifs (C(OH)–C–C–N with tert-alkyl or cyclic N) is 2. The Labute approximate surface area is 187 Å². The van der Waals surface area contributed by atoms with E-state index in [1.54, 1.807) is 0 Å². The van der Waals surface area contributed by atoms with Gasteiger partial charge in [0.05, 0.1) is 0 Å². The highest BCUT2D eigenvalue weighted by molar-refractivity contribution is 5.91. The number of hydrogen-bond acceptors (Lipinski definition) is 6. The fourth-order valence-corrected chi connectivity index (χ4v) is 3.08. The van der Waals surface area contributed by atoms with Crippen LogP contribution in [0.25, 0.3) is 10.8 Å². The maximum atomic E-state index is 10.4. The van der Waals surface area contributed by atoms with Gasteiger partial charge in [0, 0.05) is 29.6 Å². The summed E-state index contributed by atoms with van der Waals surface area (Å²) in [7, 11) is 0. The van der Waals surface area contributed by atoms with Gasteiger partial charge in [0.1, 0.15) is 25.4 Å². The lowest BCUT2D eigenvalue weighted by Crippen LogP contribution is -2.42. The molecule has 0 saturated heterocycles. The molecule has 0 amide bonds. The van der Waals surface area contributed by atoms with Gasteiger partial charge in [-0.15, -0.1) is 0 Å². The van der Waals surface area contributed by atoms with Crippen molar-refractivity contribution in [2.45, 2.75) is 71.8 Å². The van der Waals surface area contributed by atoms with Gasteiger partial charge in [0.15, 0.2) is 11.5 Å². The van der Waals surface area contributed by atoms with E-state index in [-0.39, 0.29) is 24.3 Å². The highest BCUT2D eigenvalue weighted by atomic mass is 16.5. The maximum Gasteiger partial charge on any atom is 0.169 e. The lowest BCUT2D eigenvalue weighted by atomic mass is 10.1. The minimum Gasteiger partial charge on any atom is -0.487 e. The topological polar surface area (TPSA) is 83.0 Å². The Morgan fingerprint density at radius 2 is 1.29 bits per heavy atom. The minimum atomic E-state index is -0.659. The Kier molecular flexibility index (Phi) is 8.72. The number of hydrogen-bond donors (Lipinski definition) is 4. The second-order valence-corrected chi connectivity index (χ2v) is 10.3. The van der Waals surface area contributed by atoms with Gasteiger partial charge in [-0.2, -0.15) is 0 Å². The fraction of sp³-hybridized carbons (Fsp3) is 0.600. The normalized spacial score (nSPS) is 14.5. The standard InChI is InChI=1S/C25H40N2O4/c1-17-12-18-10-8-9-11-21(18)23(31-16-20(29)14-27-25(5,6)7)22(17)30-15-19(28)13-26-24(2,3)4/h8-12,19-20,26-29H,13-16H2,1-7H3. The molecule has 6 nitrogen and oxygen atoms in total. The lowest BCUT2D eigenvalue weighted by molar-refractivity contribution is 0.0875. The molecule has 0 aliphatic rings. The third-order valence-corrected chi connectivity index (χ3v) is 4.72. The minimum absolute atomic E-state index is 0.0780. The molecular weight excluding hydrogens is 392 g/mol. The van der Waals surface area contributed by atoms with E-state index in [1.807, 2.05) is 31.2 Å². The van der Waals surface area contributed by atoms with E-state index in [0.717, 1.165) is 16.3 Å². The number of ether oxygens (including phenoxy) is 2. The van der Waals surface area contributed by atoms with E-state index in [2.05, 4.69) is 58.2 Å². The third kappa shape index (κ3) is 8.65. The van der Waals surface area contributed by atoms with Gasteiger partial charge >= 0.3 is 0 Å². The van der Waals surface area contributed by atoms with E-state index in [4.69, 9.17) is 9.47 Å². The van der Waals surface area contributed by atoms with Gasteiger partial charge < -0.3 is 30.3 Å². The van der Waals surface area contributed by atoms with Gasteiger partial charge in [-0.3, -0.25) is 0 Å². The molecular formula is C25H40N2O4. The highest BCUT2D eigenvalue weighted by Crippen LogP contribution is 2.39. The second kappa shape index (κ2) is 10.6. The van der Waals surface area contributed by atoms with Crippen molar-refractivity contribution >= 4 is 10.8 Å². The van der Waals surface area contributed by atoms with Crippen LogP contribution >= 0.6 is 0 Å². The van der Waals surface area contributed by atoms with Crippen molar-refractivity contribution in [1.82, 2.24) is 10.6 Å². The Morgan fingerprint density at radius 1 is 0.806 bits per heavy atom. The van der Waals surface area contributed by atoms with Gasteiger partial charge in [0.2, 0.25) is 0 Å². The molecule has 174 valence electrons. The zero-order valence-corrected chi connectivity index (χ0v) is 20.1. The third-order valence-electron chi connectivity index (χ3n) is 4.72. The van der Waals surface area contributed by atoms with Crippen molar-refractivity contribution in [1.29, 1.82) is 0 Å². The maximum absolute atomic E-state index is 10.4. The van der Waals surface area contributed by atoms with Gasteiger partial charge in [-0.1, -0.05) is 24.3 Å². The SMILES string of the molecule is Cc1cc2ccccc2c(OCC(O)CNC(C)(C)C)c1OCC(O)CNC(C)(C)C. The molecule has 2 unspecified atom stereocenters. The Hall–Kier alpha value is -1.86. The van der Waals surface area contributed by atoms with Gasteiger partial charge in [-0.05, 0) is 65.5 Å². The van der Waals surface area contributed by atoms with Gasteiger partial charge in [0.25, 0.3) is 0 Å². The van der Waals surface area contributed by atoms with Crippen molar-refractivity contribution in [3.8, 4) is 11.5 Å². The predicted molar refractivity (Wildman–Crippen MR) is 127 cm³/mol. The summed E-state index contributed by atoms with van der Waals surface area (Å²) in [6, 6.07) is 9.99. The summed E-state index contributed by atoms with van der Waals surface area (Å²) in [4.78, 5) is 0. The van der Waals surface area contributed by atoms with Crippen LogP contribution in [0.2, 0.25) is 0 Å². The number of rotatable bonds is 10. The van der Waals surface area contributed by atoms with Crippen LogP contribution in [-0.2, 0) is 0 Å². The molecule has 0 aromatic heterocycles. The lowest BCUT2D eigenvalue weighted by Gasteiger charge is -2.25. The van der Waals surface area contributed by atoms with Crippen LogP contribution < -0.4 is 20.1 Å². The van der Waals surface area contributed by atoms with Crippen molar-refractivity contribution in [3.05, 3.63) is 35.9 Å². The van der Waals surface area contributed by atoms with Crippen molar-refractivity contribution < 1.29 is 19.7 Å². The van der Waals surface area contributed by atoms with Crippen LogP contribution in [-0.4, -0.2) is 59.8 Å². The Balaban J connectivity index is 2.16. The molecule has 0 fully saturated rings.